The SMILES string of the molecule is Nc1ccc(Nc2nccc(-c3ncc[nH]3)n2)cc1. The number of nitrogen functional groups attached to an aromatic ring is 1. The number of benzene rings is 1. The molecule has 0 aliphatic carbocycles. The van der Waals surface area contributed by atoms with E-state index in [1.54, 1.807) is 24.7 Å². The summed E-state index contributed by atoms with van der Waals surface area (Å²) in [5.74, 6) is 1.22. The van der Waals surface area contributed by atoms with Crippen LogP contribution in [0.5, 0.6) is 0 Å². The molecule has 0 atom stereocenters. The summed E-state index contributed by atoms with van der Waals surface area (Å²) in [6.45, 7) is 0. The number of aromatic amines is 1. The van der Waals surface area contributed by atoms with E-state index in [9.17, 15) is 0 Å². The van der Waals surface area contributed by atoms with Crippen molar-refractivity contribution in [1.82, 2.24) is 19.9 Å². The second-order valence-corrected chi connectivity index (χ2v) is 3.95. The summed E-state index contributed by atoms with van der Waals surface area (Å²) < 4.78 is 0. The van der Waals surface area contributed by atoms with Gasteiger partial charge >= 0.3 is 0 Å². The van der Waals surface area contributed by atoms with E-state index in [1.165, 1.54) is 0 Å². The topological polar surface area (TPSA) is 92.5 Å². The maximum Gasteiger partial charge on any atom is 0.227 e. The van der Waals surface area contributed by atoms with Gasteiger partial charge in [0.25, 0.3) is 0 Å². The van der Waals surface area contributed by atoms with Crippen molar-refractivity contribution >= 4 is 17.3 Å². The number of rotatable bonds is 3. The van der Waals surface area contributed by atoms with Crippen molar-refractivity contribution < 1.29 is 0 Å². The number of imidazole rings is 1. The molecule has 2 aromatic heterocycles. The van der Waals surface area contributed by atoms with E-state index < -0.39 is 0 Å². The van der Waals surface area contributed by atoms with Crippen LogP contribution in [-0.4, -0.2) is 19.9 Å². The Morgan fingerprint density at radius 2 is 1.84 bits per heavy atom. The highest BCUT2D eigenvalue weighted by molar-refractivity contribution is 5.59. The summed E-state index contributed by atoms with van der Waals surface area (Å²) in [6, 6.07) is 9.18. The molecule has 3 aromatic rings. The van der Waals surface area contributed by atoms with Crippen molar-refractivity contribution in [1.29, 1.82) is 0 Å². The summed E-state index contributed by atoms with van der Waals surface area (Å²) >= 11 is 0. The van der Waals surface area contributed by atoms with Crippen LogP contribution in [-0.2, 0) is 0 Å². The summed E-state index contributed by atoms with van der Waals surface area (Å²) in [6.07, 6.45) is 5.12. The molecule has 0 amide bonds. The number of nitrogens with zero attached hydrogens (tertiary/aromatic N) is 3. The summed E-state index contributed by atoms with van der Waals surface area (Å²) in [5, 5.41) is 3.11. The second kappa shape index (κ2) is 4.77. The largest absolute Gasteiger partial charge is 0.399 e. The minimum atomic E-state index is 0.513. The molecule has 4 N–H and O–H groups in total. The standard InChI is InChI=1S/C13H12N6/c14-9-1-3-10(4-2-9)18-13-17-6-5-11(19-13)12-15-7-8-16-12/h1-8H,14H2,(H,15,16)(H,17,18,19). The van der Waals surface area contributed by atoms with E-state index in [2.05, 4.69) is 25.3 Å². The fourth-order valence-corrected chi connectivity index (χ4v) is 1.65. The van der Waals surface area contributed by atoms with Gasteiger partial charge in [-0.15, -0.1) is 0 Å². The zero-order chi connectivity index (χ0) is 13.1. The lowest BCUT2D eigenvalue weighted by Gasteiger charge is -2.05. The number of hydrogen-bond acceptors (Lipinski definition) is 5. The fourth-order valence-electron chi connectivity index (χ4n) is 1.65. The first kappa shape index (κ1) is 11.2. The van der Waals surface area contributed by atoms with Crippen molar-refractivity contribution in [3.8, 4) is 11.5 Å². The molecular weight excluding hydrogens is 240 g/mol. The zero-order valence-corrected chi connectivity index (χ0v) is 10.0. The van der Waals surface area contributed by atoms with Gasteiger partial charge in [0.1, 0.15) is 5.69 Å². The van der Waals surface area contributed by atoms with Crippen LogP contribution >= 0.6 is 0 Å². The highest BCUT2D eigenvalue weighted by Gasteiger charge is 2.04. The van der Waals surface area contributed by atoms with E-state index in [4.69, 9.17) is 5.73 Å². The number of nitrogens with one attached hydrogen (secondary N) is 2. The lowest BCUT2D eigenvalue weighted by molar-refractivity contribution is 1.14. The Morgan fingerprint density at radius 3 is 2.58 bits per heavy atom. The molecule has 1 aromatic carbocycles. The molecule has 0 spiro atoms. The van der Waals surface area contributed by atoms with E-state index in [1.807, 2.05) is 24.3 Å². The minimum Gasteiger partial charge on any atom is -0.399 e. The van der Waals surface area contributed by atoms with E-state index in [-0.39, 0.29) is 0 Å². The highest BCUT2D eigenvalue weighted by atomic mass is 15.1. The van der Waals surface area contributed by atoms with Gasteiger partial charge in [0.05, 0.1) is 0 Å². The molecule has 6 nitrogen and oxygen atoms in total. The lowest BCUT2D eigenvalue weighted by atomic mass is 10.3. The van der Waals surface area contributed by atoms with E-state index in [0.717, 1.165) is 17.1 Å². The summed E-state index contributed by atoms with van der Waals surface area (Å²) in [7, 11) is 0. The van der Waals surface area contributed by atoms with Crippen LogP contribution in [0.15, 0.2) is 48.9 Å². The molecule has 0 saturated carbocycles. The van der Waals surface area contributed by atoms with Gasteiger partial charge in [-0.2, -0.15) is 0 Å². The monoisotopic (exact) mass is 252 g/mol. The maximum absolute atomic E-state index is 5.64. The molecule has 2 heterocycles. The Hall–Kier alpha value is -2.89. The summed E-state index contributed by atoms with van der Waals surface area (Å²) in [4.78, 5) is 15.7. The van der Waals surface area contributed by atoms with Crippen molar-refractivity contribution in [2.24, 2.45) is 0 Å². The molecule has 0 radical (unpaired) electrons. The average molecular weight is 252 g/mol. The number of H-pyrrole nitrogens is 1. The highest BCUT2D eigenvalue weighted by Crippen LogP contribution is 2.17. The van der Waals surface area contributed by atoms with Crippen LogP contribution in [0.25, 0.3) is 11.5 Å². The van der Waals surface area contributed by atoms with Gasteiger partial charge in [-0.3, -0.25) is 0 Å². The van der Waals surface area contributed by atoms with E-state index >= 15 is 0 Å². The molecule has 0 unspecified atom stereocenters. The Bertz CT molecular complexity index is 660. The van der Waals surface area contributed by atoms with Crippen LogP contribution in [0.4, 0.5) is 17.3 Å². The molecule has 0 fully saturated rings. The predicted octanol–water partition coefficient (Wildman–Crippen LogP) is 2.19. The molecule has 19 heavy (non-hydrogen) atoms. The van der Waals surface area contributed by atoms with Gasteiger partial charge in [-0.1, -0.05) is 0 Å². The van der Waals surface area contributed by atoms with Crippen molar-refractivity contribution in [3.63, 3.8) is 0 Å². The summed E-state index contributed by atoms with van der Waals surface area (Å²) in [5.41, 5.74) is 7.97. The van der Waals surface area contributed by atoms with Crippen molar-refractivity contribution in [2.75, 3.05) is 11.1 Å². The Morgan fingerprint density at radius 1 is 1.00 bits per heavy atom. The van der Waals surface area contributed by atoms with Gasteiger partial charge in [-0.25, -0.2) is 15.0 Å². The van der Waals surface area contributed by atoms with Crippen LogP contribution in [0.2, 0.25) is 0 Å². The van der Waals surface area contributed by atoms with Crippen LogP contribution < -0.4 is 11.1 Å². The van der Waals surface area contributed by atoms with E-state index in [0.29, 0.717) is 11.8 Å². The first-order chi connectivity index (χ1) is 9.31. The molecule has 3 rings (SSSR count). The Kier molecular flexibility index (Phi) is 2.82. The molecule has 0 bridgehead atoms. The third kappa shape index (κ3) is 2.52. The smallest absolute Gasteiger partial charge is 0.227 e. The molecule has 94 valence electrons. The number of anilines is 3. The Balaban J connectivity index is 1.85. The third-order valence-corrected chi connectivity index (χ3v) is 2.56. The number of aromatic nitrogens is 4. The molecule has 0 saturated heterocycles. The quantitative estimate of drug-likeness (QED) is 0.621. The zero-order valence-electron chi connectivity index (χ0n) is 10.0. The molecule has 0 aliphatic rings. The van der Waals surface area contributed by atoms with Gasteiger partial charge in [0, 0.05) is 30.0 Å². The van der Waals surface area contributed by atoms with Gasteiger partial charge in [0.2, 0.25) is 5.95 Å². The second-order valence-electron chi connectivity index (χ2n) is 3.95. The third-order valence-electron chi connectivity index (χ3n) is 2.56. The van der Waals surface area contributed by atoms with Crippen molar-refractivity contribution in [2.45, 2.75) is 0 Å². The first-order valence-corrected chi connectivity index (χ1v) is 5.76. The normalized spacial score (nSPS) is 10.3. The lowest BCUT2D eigenvalue weighted by Crippen LogP contribution is -1.98. The van der Waals surface area contributed by atoms with Gasteiger partial charge in [0.15, 0.2) is 5.82 Å². The number of hydrogen-bond donors (Lipinski definition) is 3. The Labute approximate surface area is 109 Å². The maximum atomic E-state index is 5.64. The molecule has 6 heteroatoms. The van der Waals surface area contributed by atoms with Crippen molar-refractivity contribution in [3.05, 3.63) is 48.9 Å². The fraction of sp³-hybridized carbons (Fsp3) is 0. The minimum absolute atomic E-state index is 0.513. The molecular formula is C13H12N6. The van der Waals surface area contributed by atoms with Gasteiger partial charge in [-0.05, 0) is 30.3 Å². The van der Waals surface area contributed by atoms with Gasteiger partial charge < -0.3 is 16.0 Å². The van der Waals surface area contributed by atoms with Crippen LogP contribution in [0, 0.1) is 0 Å². The first-order valence-electron chi connectivity index (χ1n) is 5.76. The predicted molar refractivity (Wildman–Crippen MR) is 73.8 cm³/mol. The average Bonchev–Trinajstić information content (AvgIpc) is 2.96. The van der Waals surface area contributed by atoms with Crippen LogP contribution in [0.3, 0.4) is 0 Å². The van der Waals surface area contributed by atoms with Crippen LogP contribution in [0.1, 0.15) is 0 Å². The number of nitrogens with two attached hydrogens (primary N) is 1. The molecule has 0 aliphatic heterocycles.